The van der Waals surface area contributed by atoms with Crippen molar-refractivity contribution < 1.29 is 0 Å². The minimum absolute atomic E-state index is 0.582. The van der Waals surface area contributed by atoms with Crippen LogP contribution in [0.4, 0.5) is 23.3 Å². The lowest BCUT2D eigenvalue weighted by molar-refractivity contribution is 0.573. The third-order valence-electron chi connectivity index (χ3n) is 19.2. The normalized spacial score (nSPS) is 11.6. The van der Waals surface area contributed by atoms with Gasteiger partial charge < -0.3 is 10.6 Å². The lowest BCUT2D eigenvalue weighted by Crippen LogP contribution is -2.06. The van der Waals surface area contributed by atoms with E-state index in [0.717, 1.165) is 39.9 Å². The Labute approximate surface area is 632 Å². The molecule has 557 valence electrons. The molecule has 0 aliphatic heterocycles. The fourth-order valence-corrected chi connectivity index (χ4v) is 20.5. The average molecular weight is 1460 g/mol. The summed E-state index contributed by atoms with van der Waals surface area (Å²) >= 11 is 12.7. The molecule has 1 radical (unpaired) electrons. The molecule has 0 saturated carbocycles. The summed E-state index contributed by atoms with van der Waals surface area (Å²) in [6.07, 6.45) is 73.4. The van der Waals surface area contributed by atoms with Crippen molar-refractivity contribution in [2.45, 2.75) is 418 Å². The second kappa shape index (κ2) is 64.9. The highest BCUT2D eigenvalue weighted by Crippen LogP contribution is 2.45. The molecule has 4 rings (SSSR count). The second-order valence-corrected chi connectivity index (χ2v) is 35.3. The highest BCUT2D eigenvalue weighted by molar-refractivity contribution is 8.04. The Balaban J connectivity index is 1.72. The third kappa shape index (κ3) is 45.6. The summed E-state index contributed by atoms with van der Waals surface area (Å²) < 4.78 is 0. The van der Waals surface area contributed by atoms with Crippen LogP contribution in [0.25, 0.3) is 11.4 Å². The zero-order valence-electron chi connectivity index (χ0n) is 64.3. The van der Waals surface area contributed by atoms with E-state index in [1.807, 2.05) is 12.1 Å². The Morgan fingerprint density at radius 3 is 0.684 bits per heavy atom. The fourth-order valence-electron chi connectivity index (χ4n) is 13.0. The van der Waals surface area contributed by atoms with Crippen LogP contribution in [0, 0.1) is 6.07 Å². The predicted octanol–water partition coefficient (Wildman–Crippen LogP) is 32.6. The van der Waals surface area contributed by atoms with Gasteiger partial charge in [0.25, 0.3) is 0 Å². The van der Waals surface area contributed by atoms with Crippen LogP contribution in [0.5, 0.6) is 0 Å². The van der Waals surface area contributed by atoms with Crippen LogP contribution in [-0.4, -0.2) is 49.5 Å². The molecule has 1 aromatic heterocycles. The van der Waals surface area contributed by atoms with Gasteiger partial charge in [0.1, 0.15) is 0 Å². The van der Waals surface area contributed by atoms with Gasteiger partial charge in [-0.3, -0.25) is 0 Å². The van der Waals surface area contributed by atoms with E-state index >= 15 is 0 Å². The number of hydrogen-bond donors (Lipinski definition) is 2. The molecule has 0 atom stereocenters. The van der Waals surface area contributed by atoms with Crippen molar-refractivity contribution in [3.05, 3.63) is 54.6 Å². The van der Waals surface area contributed by atoms with E-state index in [-0.39, 0.29) is 0 Å². The van der Waals surface area contributed by atoms with Crippen LogP contribution < -0.4 is 10.6 Å². The van der Waals surface area contributed by atoms with Gasteiger partial charge in [-0.05, 0) is 103 Å². The molecule has 2 N–H and O–H groups in total. The van der Waals surface area contributed by atoms with Crippen LogP contribution >= 0.6 is 70.6 Å². The summed E-state index contributed by atoms with van der Waals surface area (Å²) in [5, 5.41) is 7.77. The Bertz CT molecular complexity index is 2210. The first kappa shape index (κ1) is 88.8. The number of nitrogens with one attached hydrogen (secondary N) is 2. The SMILES string of the molecule is CCCCCCCCCCCSc1cc(Nc2nc(Nc3cc(SCCCCCCCCCCC)c(SCCCCCCCCCCC)c(SCCCCCCCCCCC)c3)nc(-c3cc[c]cc3)n2)cc(SCCCCCCCCCCC)c1SCCCCCCCCCCC. The highest BCUT2D eigenvalue weighted by Gasteiger charge is 2.19. The molecular formula is C87H148N5S6. The molecule has 98 heavy (non-hydrogen) atoms. The minimum atomic E-state index is 0.582. The molecule has 3 aromatic carbocycles. The number of unbranched alkanes of at least 4 members (excludes halogenated alkanes) is 48. The van der Waals surface area contributed by atoms with Gasteiger partial charge in [-0.2, -0.15) is 15.0 Å². The molecule has 0 amide bonds. The Morgan fingerprint density at radius 2 is 0.459 bits per heavy atom. The molecule has 0 saturated heterocycles. The predicted molar refractivity (Wildman–Crippen MR) is 451 cm³/mol. The van der Waals surface area contributed by atoms with Gasteiger partial charge in [-0.1, -0.05) is 374 Å². The van der Waals surface area contributed by atoms with Gasteiger partial charge in [-0.15, -0.1) is 70.6 Å². The van der Waals surface area contributed by atoms with E-state index in [2.05, 4.69) is 165 Å². The first-order valence-electron chi connectivity index (χ1n) is 41.9. The van der Waals surface area contributed by atoms with E-state index in [1.165, 1.54) is 388 Å². The number of aromatic nitrogens is 3. The largest absolute Gasteiger partial charge is 0.324 e. The van der Waals surface area contributed by atoms with Crippen molar-refractivity contribution in [1.29, 1.82) is 0 Å². The van der Waals surface area contributed by atoms with Gasteiger partial charge in [0.05, 0.1) is 0 Å². The summed E-state index contributed by atoms with van der Waals surface area (Å²) in [5.41, 5.74) is 3.11. The van der Waals surface area contributed by atoms with Gasteiger partial charge in [0.2, 0.25) is 11.9 Å². The quantitative estimate of drug-likeness (QED) is 0.0328. The molecule has 1 heterocycles. The number of benzene rings is 3. The van der Waals surface area contributed by atoms with Crippen molar-refractivity contribution in [2.75, 3.05) is 45.2 Å². The van der Waals surface area contributed by atoms with Gasteiger partial charge in [0, 0.05) is 46.3 Å². The third-order valence-corrected chi connectivity index (χ3v) is 26.6. The zero-order chi connectivity index (χ0) is 69.5. The minimum Gasteiger partial charge on any atom is -0.324 e. The van der Waals surface area contributed by atoms with Crippen molar-refractivity contribution in [3.8, 4) is 11.4 Å². The number of thioether (sulfide) groups is 6. The lowest BCUT2D eigenvalue weighted by atomic mass is 10.1. The van der Waals surface area contributed by atoms with E-state index < -0.39 is 0 Å². The molecule has 0 unspecified atom stereocenters. The average Bonchev–Trinajstić information content (AvgIpc) is 0.830. The zero-order valence-corrected chi connectivity index (χ0v) is 69.2. The van der Waals surface area contributed by atoms with Crippen LogP contribution in [0.15, 0.2) is 77.9 Å². The van der Waals surface area contributed by atoms with Crippen LogP contribution in [0.1, 0.15) is 388 Å². The van der Waals surface area contributed by atoms with Crippen LogP contribution in [0.3, 0.4) is 0 Å². The van der Waals surface area contributed by atoms with Gasteiger partial charge >= 0.3 is 0 Å². The van der Waals surface area contributed by atoms with Crippen molar-refractivity contribution >= 4 is 93.8 Å². The standard InChI is InChI=1S/C87H148N5S6/c1-7-13-19-25-31-37-43-49-58-66-93-79-72-77(73-80(94-67-59-50-44-38-32-26-20-14-8-2)83(79)97-70-62-53-47-41-35-29-23-17-11-5)88-86-90-85(76-64-56-55-57-65-76)91-87(92-86)89-78-74-81(95-68-60-51-45-39-33-27-21-15-9-3)84(98-71-63-54-48-42-36-30-24-18-12-6)82(75-78)96-69-61-52-46-40-34-28-22-16-10-4/h56-57,64-65,72-75H,7-54,58-63,66-71H2,1-6H3,(H2,88,89,90,91,92). The fraction of sp³-hybridized carbons (Fsp3) is 0.759. The maximum absolute atomic E-state index is 5.34. The first-order valence-corrected chi connectivity index (χ1v) is 47.8. The monoisotopic (exact) mass is 1460 g/mol. The summed E-state index contributed by atoms with van der Waals surface area (Å²) in [6.45, 7) is 13.9. The summed E-state index contributed by atoms with van der Waals surface area (Å²) in [4.78, 5) is 24.6. The number of anilines is 4. The van der Waals surface area contributed by atoms with E-state index in [4.69, 9.17) is 15.0 Å². The van der Waals surface area contributed by atoms with Crippen LogP contribution in [0.2, 0.25) is 0 Å². The molecule has 0 fully saturated rings. The molecule has 0 aliphatic carbocycles. The molecule has 0 spiro atoms. The molecular weight excluding hydrogens is 1310 g/mol. The number of hydrogen-bond acceptors (Lipinski definition) is 11. The Morgan fingerprint density at radius 1 is 0.255 bits per heavy atom. The van der Waals surface area contributed by atoms with Crippen molar-refractivity contribution in [1.82, 2.24) is 15.0 Å². The van der Waals surface area contributed by atoms with E-state index in [0.29, 0.717) is 17.7 Å². The van der Waals surface area contributed by atoms with E-state index in [9.17, 15) is 0 Å². The second-order valence-electron chi connectivity index (χ2n) is 28.5. The van der Waals surface area contributed by atoms with Crippen molar-refractivity contribution in [2.24, 2.45) is 0 Å². The highest BCUT2D eigenvalue weighted by atomic mass is 32.2. The Kier molecular flexibility index (Phi) is 58.8. The molecule has 4 aromatic rings. The van der Waals surface area contributed by atoms with Gasteiger partial charge in [-0.25, -0.2) is 0 Å². The molecule has 0 aliphatic rings. The Hall–Kier alpha value is -1.63. The van der Waals surface area contributed by atoms with Crippen molar-refractivity contribution in [3.63, 3.8) is 0 Å². The summed E-state index contributed by atoms with van der Waals surface area (Å²) in [6, 6.07) is 21.2. The first-order chi connectivity index (χ1) is 48.5. The topological polar surface area (TPSA) is 62.7 Å². The molecule has 11 heteroatoms. The van der Waals surface area contributed by atoms with Gasteiger partial charge in [0.15, 0.2) is 5.82 Å². The molecule has 5 nitrogen and oxygen atoms in total. The summed E-state index contributed by atoms with van der Waals surface area (Å²) in [5.74, 6) is 8.79. The van der Waals surface area contributed by atoms with Crippen LogP contribution in [-0.2, 0) is 0 Å². The molecule has 0 bridgehead atoms. The number of nitrogens with zero attached hydrogens (tertiary/aromatic N) is 3. The maximum atomic E-state index is 5.34. The maximum Gasteiger partial charge on any atom is 0.232 e. The number of rotatable bonds is 71. The lowest BCUT2D eigenvalue weighted by Gasteiger charge is -2.19. The smallest absolute Gasteiger partial charge is 0.232 e. The summed E-state index contributed by atoms with van der Waals surface area (Å²) in [7, 11) is 0. The van der Waals surface area contributed by atoms with E-state index in [1.54, 1.807) is 0 Å².